The standard InChI is InChI=1S/C8H8N4OS3/c1-4(13)10-7-9-3-6(15-7)16-8-12-11-5(2)14-8/h3H,1-2H3,(H,9,10,13). The molecular weight excluding hydrogens is 264 g/mol. The number of hydrogen-bond donors (Lipinski definition) is 1. The van der Waals surface area contributed by atoms with Crippen molar-refractivity contribution < 1.29 is 4.79 Å². The van der Waals surface area contributed by atoms with Crippen molar-refractivity contribution >= 4 is 45.5 Å². The zero-order valence-electron chi connectivity index (χ0n) is 8.55. The van der Waals surface area contributed by atoms with Gasteiger partial charge < -0.3 is 5.32 Å². The van der Waals surface area contributed by atoms with E-state index in [1.807, 2.05) is 6.92 Å². The molecule has 84 valence electrons. The van der Waals surface area contributed by atoms with Crippen LogP contribution in [0.4, 0.5) is 5.13 Å². The molecule has 0 aliphatic heterocycles. The van der Waals surface area contributed by atoms with Crippen molar-refractivity contribution in [2.75, 3.05) is 5.32 Å². The molecule has 5 nitrogen and oxygen atoms in total. The van der Waals surface area contributed by atoms with Crippen molar-refractivity contribution in [1.82, 2.24) is 15.2 Å². The monoisotopic (exact) mass is 272 g/mol. The Labute approximate surface area is 104 Å². The van der Waals surface area contributed by atoms with Gasteiger partial charge in [0.1, 0.15) is 5.01 Å². The number of nitrogens with zero attached hydrogens (tertiary/aromatic N) is 3. The van der Waals surface area contributed by atoms with E-state index in [1.54, 1.807) is 6.20 Å². The minimum atomic E-state index is -0.113. The summed E-state index contributed by atoms with van der Waals surface area (Å²) in [5, 5.41) is 12.1. The van der Waals surface area contributed by atoms with E-state index in [2.05, 4.69) is 20.5 Å². The highest BCUT2D eigenvalue weighted by Crippen LogP contribution is 2.35. The number of aryl methyl sites for hydroxylation is 1. The van der Waals surface area contributed by atoms with E-state index in [9.17, 15) is 4.79 Å². The highest BCUT2D eigenvalue weighted by molar-refractivity contribution is 8.02. The fourth-order valence-corrected chi connectivity index (χ4v) is 3.89. The molecule has 0 radical (unpaired) electrons. The fourth-order valence-electron chi connectivity index (χ4n) is 0.921. The van der Waals surface area contributed by atoms with E-state index >= 15 is 0 Å². The molecular formula is C8H8N4OS3. The number of thiazole rings is 1. The molecule has 0 aliphatic carbocycles. The van der Waals surface area contributed by atoms with Gasteiger partial charge in [0.15, 0.2) is 9.47 Å². The number of anilines is 1. The number of rotatable bonds is 3. The maximum absolute atomic E-state index is 10.8. The second-order valence-electron chi connectivity index (χ2n) is 2.85. The lowest BCUT2D eigenvalue weighted by Crippen LogP contribution is -2.04. The SMILES string of the molecule is CC(=O)Nc1ncc(Sc2nnc(C)s2)s1. The van der Waals surface area contributed by atoms with E-state index in [-0.39, 0.29) is 5.91 Å². The molecule has 0 fully saturated rings. The van der Waals surface area contributed by atoms with Crippen molar-refractivity contribution in [3.05, 3.63) is 11.2 Å². The third kappa shape index (κ3) is 3.00. The topological polar surface area (TPSA) is 67.8 Å². The molecule has 2 heterocycles. The predicted octanol–water partition coefficient (Wildman–Crippen LogP) is 2.41. The molecule has 0 saturated carbocycles. The molecule has 0 saturated heterocycles. The summed E-state index contributed by atoms with van der Waals surface area (Å²) in [4.78, 5) is 14.9. The van der Waals surface area contributed by atoms with Crippen LogP contribution >= 0.6 is 34.4 Å². The number of hydrogen-bond acceptors (Lipinski definition) is 7. The van der Waals surface area contributed by atoms with Crippen LogP contribution in [0.5, 0.6) is 0 Å². The predicted molar refractivity (Wildman–Crippen MR) is 65.2 cm³/mol. The van der Waals surface area contributed by atoms with Crippen LogP contribution in [0.1, 0.15) is 11.9 Å². The maximum Gasteiger partial charge on any atom is 0.223 e. The van der Waals surface area contributed by atoms with E-state index in [1.165, 1.54) is 41.4 Å². The minimum Gasteiger partial charge on any atom is -0.302 e. The van der Waals surface area contributed by atoms with E-state index in [0.29, 0.717) is 5.13 Å². The molecule has 0 atom stereocenters. The first kappa shape index (κ1) is 11.5. The largest absolute Gasteiger partial charge is 0.302 e. The van der Waals surface area contributed by atoms with Gasteiger partial charge in [-0.05, 0) is 18.7 Å². The molecule has 2 aromatic heterocycles. The van der Waals surface area contributed by atoms with Gasteiger partial charge in [0, 0.05) is 6.92 Å². The molecule has 2 rings (SSSR count). The van der Waals surface area contributed by atoms with E-state index in [4.69, 9.17) is 0 Å². The van der Waals surface area contributed by atoms with Crippen molar-refractivity contribution in [1.29, 1.82) is 0 Å². The van der Waals surface area contributed by atoms with Crippen LogP contribution in [0.3, 0.4) is 0 Å². The van der Waals surface area contributed by atoms with Crippen LogP contribution in [-0.4, -0.2) is 21.1 Å². The molecule has 0 aliphatic rings. The first-order chi connectivity index (χ1) is 7.63. The first-order valence-electron chi connectivity index (χ1n) is 4.35. The Bertz CT molecular complexity index is 507. The molecule has 2 aromatic rings. The Hall–Kier alpha value is -0.990. The van der Waals surface area contributed by atoms with Crippen LogP contribution in [0, 0.1) is 6.92 Å². The third-order valence-corrected chi connectivity index (χ3v) is 4.37. The molecule has 8 heteroatoms. The molecule has 1 amide bonds. The normalized spacial score (nSPS) is 10.4. The van der Waals surface area contributed by atoms with Gasteiger partial charge in [0.2, 0.25) is 5.91 Å². The van der Waals surface area contributed by atoms with Gasteiger partial charge in [-0.1, -0.05) is 22.7 Å². The molecule has 16 heavy (non-hydrogen) atoms. The number of amides is 1. The van der Waals surface area contributed by atoms with Gasteiger partial charge in [-0.2, -0.15) is 0 Å². The van der Waals surface area contributed by atoms with Gasteiger partial charge in [-0.25, -0.2) is 4.98 Å². The Balaban J connectivity index is 2.05. The number of nitrogens with one attached hydrogen (secondary N) is 1. The summed E-state index contributed by atoms with van der Waals surface area (Å²) in [7, 11) is 0. The Morgan fingerprint density at radius 1 is 1.44 bits per heavy atom. The highest BCUT2D eigenvalue weighted by Gasteiger charge is 2.07. The quantitative estimate of drug-likeness (QED) is 0.929. The Morgan fingerprint density at radius 2 is 2.25 bits per heavy atom. The van der Waals surface area contributed by atoms with Crippen LogP contribution in [-0.2, 0) is 4.79 Å². The fraction of sp³-hybridized carbons (Fsp3) is 0.250. The average Bonchev–Trinajstić information content (AvgIpc) is 2.76. The average molecular weight is 272 g/mol. The molecule has 1 N–H and O–H groups in total. The second-order valence-corrected chi connectivity index (χ2v) is 6.61. The van der Waals surface area contributed by atoms with Gasteiger partial charge in [0.05, 0.1) is 10.4 Å². The maximum atomic E-state index is 10.8. The summed E-state index contributed by atoms with van der Waals surface area (Å²) < 4.78 is 1.87. The van der Waals surface area contributed by atoms with Gasteiger partial charge in [0.25, 0.3) is 0 Å². The van der Waals surface area contributed by atoms with Crippen LogP contribution in [0.2, 0.25) is 0 Å². The van der Waals surface area contributed by atoms with Gasteiger partial charge in [-0.15, -0.1) is 10.2 Å². The van der Waals surface area contributed by atoms with Crippen LogP contribution < -0.4 is 5.32 Å². The summed E-state index contributed by atoms with van der Waals surface area (Å²) >= 11 is 4.47. The minimum absolute atomic E-state index is 0.113. The molecule has 0 spiro atoms. The van der Waals surface area contributed by atoms with Crippen molar-refractivity contribution in [2.24, 2.45) is 0 Å². The van der Waals surface area contributed by atoms with Gasteiger partial charge >= 0.3 is 0 Å². The van der Waals surface area contributed by atoms with Crippen molar-refractivity contribution in [3.8, 4) is 0 Å². The number of aromatic nitrogens is 3. The zero-order chi connectivity index (χ0) is 11.5. The lowest BCUT2D eigenvalue weighted by molar-refractivity contribution is -0.114. The van der Waals surface area contributed by atoms with Crippen LogP contribution in [0.25, 0.3) is 0 Å². The summed E-state index contributed by atoms with van der Waals surface area (Å²) in [5.74, 6) is -0.113. The van der Waals surface area contributed by atoms with Crippen LogP contribution in [0.15, 0.2) is 14.7 Å². The van der Waals surface area contributed by atoms with E-state index < -0.39 is 0 Å². The van der Waals surface area contributed by atoms with Crippen molar-refractivity contribution in [3.63, 3.8) is 0 Å². The van der Waals surface area contributed by atoms with E-state index in [0.717, 1.165) is 13.6 Å². The molecule has 0 aromatic carbocycles. The first-order valence-corrected chi connectivity index (χ1v) is 6.80. The Morgan fingerprint density at radius 3 is 2.88 bits per heavy atom. The lowest BCUT2D eigenvalue weighted by atomic mass is 10.7. The van der Waals surface area contributed by atoms with Gasteiger partial charge in [-0.3, -0.25) is 4.79 Å². The molecule has 0 bridgehead atoms. The smallest absolute Gasteiger partial charge is 0.223 e. The number of carbonyl (C=O) groups excluding carboxylic acids is 1. The zero-order valence-corrected chi connectivity index (χ0v) is 11.0. The lowest BCUT2D eigenvalue weighted by Gasteiger charge is -1.92. The number of carbonyl (C=O) groups is 1. The summed E-state index contributed by atoms with van der Waals surface area (Å²) in [6.45, 7) is 3.37. The summed E-state index contributed by atoms with van der Waals surface area (Å²) in [6.07, 6.45) is 1.72. The molecule has 0 unspecified atom stereocenters. The third-order valence-electron chi connectivity index (χ3n) is 1.46. The second kappa shape index (κ2) is 4.89. The highest BCUT2D eigenvalue weighted by atomic mass is 32.2. The van der Waals surface area contributed by atoms with Crippen molar-refractivity contribution in [2.45, 2.75) is 22.4 Å². The Kier molecular flexibility index (Phi) is 3.52. The summed E-state index contributed by atoms with van der Waals surface area (Å²) in [6, 6.07) is 0. The summed E-state index contributed by atoms with van der Waals surface area (Å²) in [5.41, 5.74) is 0.